The summed E-state index contributed by atoms with van der Waals surface area (Å²) in [6.07, 6.45) is -0.402. The molecule has 158 valence electrons. The molecule has 0 amide bonds. The molecule has 0 spiro atoms. The molecule has 1 saturated heterocycles. The highest BCUT2D eigenvalue weighted by Crippen LogP contribution is 2.17. The van der Waals surface area contributed by atoms with Crippen LogP contribution in [-0.4, -0.2) is 59.6 Å². The summed E-state index contributed by atoms with van der Waals surface area (Å²) >= 11 is 0. The van der Waals surface area contributed by atoms with Gasteiger partial charge >= 0.3 is 0 Å². The van der Waals surface area contributed by atoms with Gasteiger partial charge in [0.2, 0.25) is 10.0 Å². The fourth-order valence-corrected chi connectivity index (χ4v) is 4.72. The fourth-order valence-electron chi connectivity index (χ4n) is 3.02. The zero-order valence-corrected chi connectivity index (χ0v) is 17.5. The molecule has 0 saturated carbocycles. The molecule has 3 N–H and O–H groups in total. The second kappa shape index (κ2) is 8.90. The van der Waals surface area contributed by atoms with Crippen molar-refractivity contribution in [1.82, 2.24) is 10.0 Å². The monoisotopic (exact) mass is 440 g/mol. The van der Waals surface area contributed by atoms with Crippen LogP contribution in [0.5, 0.6) is 0 Å². The van der Waals surface area contributed by atoms with Gasteiger partial charge in [-0.1, -0.05) is 30.3 Å². The predicted molar refractivity (Wildman–Crippen MR) is 108 cm³/mol. The van der Waals surface area contributed by atoms with Crippen LogP contribution in [0, 0.1) is 0 Å². The van der Waals surface area contributed by atoms with Crippen molar-refractivity contribution in [3.63, 3.8) is 0 Å². The number of nitrogens with one attached hydrogen (secondary N) is 2. The molecule has 3 atom stereocenters. The number of aliphatic hydroxyl groups excluding tert-OH is 1. The van der Waals surface area contributed by atoms with E-state index >= 15 is 0 Å². The van der Waals surface area contributed by atoms with Gasteiger partial charge in [0, 0.05) is 19.3 Å². The molecule has 0 aromatic heterocycles. The van der Waals surface area contributed by atoms with Gasteiger partial charge in [-0.2, -0.15) is 0 Å². The summed E-state index contributed by atoms with van der Waals surface area (Å²) in [5.41, 5.74) is 0.859. The second-order valence-electron chi connectivity index (χ2n) is 6.93. The summed E-state index contributed by atoms with van der Waals surface area (Å²) in [6, 6.07) is 14.1. The van der Waals surface area contributed by atoms with Gasteiger partial charge in [0.1, 0.15) is 0 Å². The summed E-state index contributed by atoms with van der Waals surface area (Å²) in [6.45, 7) is 0.609. The molecule has 0 aliphatic carbocycles. The Morgan fingerprint density at radius 3 is 2.28 bits per heavy atom. The second-order valence-corrected chi connectivity index (χ2v) is 10.7. The molecule has 2 aromatic carbocycles. The summed E-state index contributed by atoms with van der Waals surface area (Å²) in [5.74, 6) is 0. The van der Waals surface area contributed by atoms with Gasteiger partial charge in [0.05, 0.1) is 34.6 Å². The van der Waals surface area contributed by atoms with E-state index in [1.165, 1.54) is 24.3 Å². The minimum Gasteiger partial charge on any atom is -0.389 e. The lowest BCUT2D eigenvalue weighted by atomic mass is 10.1. The van der Waals surface area contributed by atoms with Crippen molar-refractivity contribution in [3.8, 4) is 0 Å². The summed E-state index contributed by atoms with van der Waals surface area (Å²) in [5, 5.41) is 13.6. The summed E-state index contributed by atoms with van der Waals surface area (Å²) in [7, 11) is -6.91. The Bertz CT molecular complexity index is 1020. The van der Waals surface area contributed by atoms with E-state index in [1.807, 2.05) is 0 Å². The maximum Gasteiger partial charge on any atom is 0.240 e. The van der Waals surface area contributed by atoms with Crippen molar-refractivity contribution in [1.29, 1.82) is 0 Å². The molecular formula is C19H24N2O6S2. The Morgan fingerprint density at radius 2 is 1.66 bits per heavy atom. The molecule has 1 aliphatic rings. The van der Waals surface area contributed by atoms with E-state index in [4.69, 9.17) is 4.74 Å². The lowest BCUT2D eigenvalue weighted by Gasteiger charge is -2.19. The molecule has 29 heavy (non-hydrogen) atoms. The zero-order chi connectivity index (χ0) is 21.1. The van der Waals surface area contributed by atoms with Crippen molar-refractivity contribution in [2.75, 3.05) is 19.4 Å². The molecule has 2 aromatic rings. The first-order valence-corrected chi connectivity index (χ1v) is 12.4. The Hall–Kier alpha value is -1.82. The number of ether oxygens (including phenoxy) is 1. The molecule has 3 unspecified atom stereocenters. The molecule has 3 rings (SSSR count). The number of sulfone groups is 1. The third-order valence-corrected chi connectivity index (χ3v) is 7.30. The van der Waals surface area contributed by atoms with Crippen molar-refractivity contribution >= 4 is 19.9 Å². The fraction of sp³-hybridized carbons (Fsp3) is 0.368. The lowest BCUT2D eigenvalue weighted by Crippen LogP contribution is -2.44. The van der Waals surface area contributed by atoms with E-state index < -0.39 is 32.1 Å². The maximum atomic E-state index is 12.3. The first kappa shape index (κ1) is 21.9. The number of sulfonamides is 1. The van der Waals surface area contributed by atoms with Crippen LogP contribution in [0.25, 0.3) is 0 Å². The smallest absolute Gasteiger partial charge is 0.240 e. The molecular weight excluding hydrogens is 416 g/mol. The average molecular weight is 441 g/mol. The van der Waals surface area contributed by atoms with E-state index in [9.17, 15) is 21.9 Å². The number of rotatable bonds is 8. The van der Waals surface area contributed by atoms with Crippen LogP contribution in [0.3, 0.4) is 0 Å². The van der Waals surface area contributed by atoms with Gasteiger partial charge in [-0.15, -0.1) is 0 Å². The largest absolute Gasteiger partial charge is 0.389 e. The van der Waals surface area contributed by atoms with E-state index in [2.05, 4.69) is 10.0 Å². The van der Waals surface area contributed by atoms with Crippen molar-refractivity contribution in [2.45, 2.75) is 34.6 Å². The van der Waals surface area contributed by atoms with Crippen LogP contribution in [0.2, 0.25) is 0 Å². The third kappa shape index (κ3) is 5.62. The van der Waals surface area contributed by atoms with Gasteiger partial charge < -0.3 is 15.2 Å². The standard InChI is InChI=1S/C19H24N2O6S2/c1-28(23,24)15-9-7-14(8-10-15)11-20-17-13-27-18(19(17)22)12-21-29(25,26)16-5-3-2-4-6-16/h2-10,17-22H,11-13H2,1H3. The van der Waals surface area contributed by atoms with Crippen LogP contribution >= 0.6 is 0 Å². The number of hydrogen-bond acceptors (Lipinski definition) is 7. The molecule has 0 radical (unpaired) electrons. The molecule has 0 bridgehead atoms. The Labute approximate surface area is 170 Å². The van der Waals surface area contributed by atoms with Crippen LogP contribution in [0.1, 0.15) is 5.56 Å². The molecule has 1 aliphatic heterocycles. The normalized spacial score (nSPS) is 22.6. The molecule has 10 heteroatoms. The first-order valence-electron chi connectivity index (χ1n) is 9.03. The maximum absolute atomic E-state index is 12.3. The van der Waals surface area contributed by atoms with E-state index in [1.54, 1.807) is 30.3 Å². The highest BCUT2D eigenvalue weighted by molar-refractivity contribution is 7.90. The van der Waals surface area contributed by atoms with Crippen LogP contribution in [0.4, 0.5) is 0 Å². The Kier molecular flexibility index (Phi) is 6.72. The lowest BCUT2D eigenvalue weighted by molar-refractivity contribution is 0.0443. The topological polar surface area (TPSA) is 122 Å². The minimum atomic E-state index is -3.67. The quantitative estimate of drug-likeness (QED) is 0.539. The van der Waals surface area contributed by atoms with E-state index in [0.29, 0.717) is 6.54 Å². The Morgan fingerprint density at radius 1 is 1.00 bits per heavy atom. The molecule has 8 nitrogen and oxygen atoms in total. The van der Waals surface area contributed by atoms with E-state index in [-0.39, 0.29) is 29.0 Å². The average Bonchev–Trinajstić information content (AvgIpc) is 3.05. The third-order valence-electron chi connectivity index (χ3n) is 4.73. The van der Waals surface area contributed by atoms with Crippen molar-refractivity contribution in [3.05, 3.63) is 60.2 Å². The van der Waals surface area contributed by atoms with Crippen LogP contribution in [0.15, 0.2) is 64.4 Å². The van der Waals surface area contributed by atoms with Gasteiger partial charge in [-0.05, 0) is 29.8 Å². The Balaban J connectivity index is 1.51. The number of aliphatic hydroxyl groups is 1. The molecule has 1 heterocycles. The summed E-state index contributed by atoms with van der Waals surface area (Å²) in [4.78, 5) is 0.399. The SMILES string of the molecule is CS(=O)(=O)c1ccc(CNC2COC(CNS(=O)(=O)c3ccccc3)C2O)cc1. The zero-order valence-electron chi connectivity index (χ0n) is 15.9. The van der Waals surface area contributed by atoms with Gasteiger partial charge in [0.25, 0.3) is 0 Å². The predicted octanol–water partition coefficient (Wildman–Crippen LogP) is 0.287. The van der Waals surface area contributed by atoms with E-state index in [0.717, 1.165) is 11.8 Å². The van der Waals surface area contributed by atoms with Crippen molar-refractivity contribution in [2.24, 2.45) is 0 Å². The van der Waals surface area contributed by atoms with Gasteiger partial charge in [0.15, 0.2) is 9.84 Å². The molecule has 1 fully saturated rings. The van der Waals surface area contributed by atoms with Crippen LogP contribution in [-0.2, 0) is 31.1 Å². The highest BCUT2D eigenvalue weighted by Gasteiger charge is 2.36. The van der Waals surface area contributed by atoms with Crippen molar-refractivity contribution < 1.29 is 26.7 Å². The minimum absolute atomic E-state index is 0.0420. The summed E-state index contributed by atoms with van der Waals surface area (Å²) < 4.78 is 55.6. The number of hydrogen-bond donors (Lipinski definition) is 3. The highest BCUT2D eigenvalue weighted by atomic mass is 32.2. The van der Waals surface area contributed by atoms with Gasteiger partial charge in [-0.25, -0.2) is 21.6 Å². The number of benzene rings is 2. The first-order chi connectivity index (χ1) is 13.7. The van der Waals surface area contributed by atoms with Gasteiger partial charge in [-0.3, -0.25) is 0 Å². The van der Waals surface area contributed by atoms with Crippen LogP contribution < -0.4 is 10.0 Å².